The number of carbonyl (C=O) groups is 1. The second kappa shape index (κ2) is 8.21. The average Bonchev–Trinajstić information content (AvgIpc) is 3.06. The number of amides is 2. The van der Waals surface area contributed by atoms with E-state index in [9.17, 15) is 9.18 Å². The summed E-state index contributed by atoms with van der Waals surface area (Å²) in [6, 6.07) is 20.0. The lowest BCUT2D eigenvalue weighted by Crippen LogP contribution is -2.31. The predicted molar refractivity (Wildman–Crippen MR) is 106 cm³/mol. The Morgan fingerprint density at radius 3 is 2.36 bits per heavy atom. The quantitative estimate of drug-likeness (QED) is 0.681. The minimum Gasteiger partial charge on any atom is -0.329 e. The van der Waals surface area contributed by atoms with Crippen molar-refractivity contribution in [2.75, 3.05) is 6.54 Å². The molecule has 0 bridgehead atoms. The molecule has 142 valence electrons. The van der Waals surface area contributed by atoms with Crippen LogP contribution in [0, 0.1) is 5.82 Å². The lowest BCUT2D eigenvalue weighted by Gasteiger charge is -2.27. The molecule has 2 amide bonds. The molecule has 0 radical (unpaired) electrons. The molecule has 0 spiro atoms. The van der Waals surface area contributed by atoms with Crippen molar-refractivity contribution >= 4 is 6.03 Å². The zero-order valence-electron chi connectivity index (χ0n) is 15.5. The fourth-order valence-electron chi connectivity index (χ4n) is 3.81. The molecule has 1 aliphatic heterocycles. The lowest BCUT2D eigenvalue weighted by atomic mass is 9.94. The fourth-order valence-corrected chi connectivity index (χ4v) is 3.81. The number of benzene rings is 2. The molecule has 28 heavy (non-hydrogen) atoms. The van der Waals surface area contributed by atoms with Crippen molar-refractivity contribution in [3.8, 4) is 0 Å². The highest BCUT2D eigenvalue weighted by Crippen LogP contribution is 2.38. The molecule has 2 heterocycles. The van der Waals surface area contributed by atoms with Crippen molar-refractivity contribution in [3.05, 3.63) is 102 Å². The van der Waals surface area contributed by atoms with Gasteiger partial charge in [-0.3, -0.25) is 4.98 Å². The molecule has 1 aromatic heterocycles. The van der Waals surface area contributed by atoms with E-state index < -0.39 is 0 Å². The number of urea groups is 1. The molecule has 0 aliphatic carbocycles. The van der Waals surface area contributed by atoms with Crippen molar-refractivity contribution in [2.45, 2.75) is 24.9 Å². The van der Waals surface area contributed by atoms with Crippen molar-refractivity contribution < 1.29 is 9.18 Å². The van der Waals surface area contributed by atoms with Gasteiger partial charge >= 0.3 is 6.03 Å². The second-order valence-electron chi connectivity index (χ2n) is 6.99. The molecule has 1 N–H and O–H groups in total. The number of aryl methyl sites for hydroxylation is 1. The molecule has 4 rings (SSSR count). The average molecular weight is 375 g/mol. The molecule has 2 aromatic carbocycles. The monoisotopic (exact) mass is 375 g/mol. The van der Waals surface area contributed by atoms with Crippen LogP contribution >= 0.6 is 0 Å². The van der Waals surface area contributed by atoms with E-state index >= 15 is 0 Å². The van der Waals surface area contributed by atoms with Gasteiger partial charge in [0.05, 0.1) is 12.1 Å². The highest BCUT2D eigenvalue weighted by Gasteiger charge is 2.40. The van der Waals surface area contributed by atoms with E-state index in [0.717, 1.165) is 24.0 Å². The first-order valence-corrected chi connectivity index (χ1v) is 9.49. The number of carbonyl (C=O) groups excluding carboxylic acids is 1. The van der Waals surface area contributed by atoms with Crippen LogP contribution in [0.25, 0.3) is 0 Å². The predicted octanol–water partition coefficient (Wildman–Crippen LogP) is 4.66. The summed E-state index contributed by atoms with van der Waals surface area (Å²) in [4.78, 5) is 18.8. The lowest BCUT2D eigenvalue weighted by molar-refractivity contribution is 0.201. The molecule has 1 aliphatic rings. The molecule has 1 fully saturated rings. The van der Waals surface area contributed by atoms with E-state index in [1.807, 2.05) is 35.2 Å². The number of hydrogen-bond acceptors (Lipinski definition) is 2. The summed E-state index contributed by atoms with van der Waals surface area (Å²) < 4.78 is 13.4. The zero-order chi connectivity index (χ0) is 19.3. The fraction of sp³-hybridized carbons (Fsp3) is 0.217. The largest absolute Gasteiger partial charge is 0.329 e. The van der Waals surface area contributed by atoms with E-state index in [1.165, 1.54) is 17.7 Å². The minimum absolute atomic E-state index is 0.0933. The molecule has 3 aromatic rings. The molecule has 4 nitrogen and oxygen atoms in total. The van der Waals surface area contributed by atoms with Gasteiger partial charge in [0.25, 0.3) is 0 Å². The van der Waals surface area contributed by atoms with E-state index in [2.05, 4.69) is 22.4 Å². The Kier molecular flexibility index (Phi) is 5.33. The third-order valence-electron chi connectivity index (χ3n) is 5.18. The number of nitrogens with zero attached hydrogens (tertiary/aromatic N) is 2. The number of hydrogen-bond donors (Lipinski definition) is 1. The smallest absolute Gasteiger partial charge is 0.318 e. The van der Waals surface area contributed by atoms with Gasteiger partial charge in [0.1, 0.15) is 5.82 Å². The Labute approximate surface area is 164 Å². The second-order valence-corrected chi connectivity index (χ2v) is 6.99. The van der Waals surface area contributed by atoms with E-state index in [-0.39, 0.29) is 23.9 Å². The summed E-state index contributed by atoms with van der Waals surface area (Å²) >= 11 is 0. The Morgan fingerprint density at radius 2 is 1.64 bits per heavy atom. The van der Waals surface area contributed by atoms with Gasteiger partial charge in [-0.2, -0.15) is 0 Å². The van der Waals surface area contributed by atoms with Gasteiger partial charge in [-0.25, -0.2) is 9.18 Å². The van der Waals surface area contributed by atoms with E-state index in [0.29, 0.717) is 6.54 Å². The first kappa shape index (κ1) is 18.2. The van der Waals surface area contributed by atoms with Crippen LogP contribution in [0.1, 0.15) is 35.2 Å². The third-order valence-corrected chi connectivity index (χ3v) is 5.18. The maximum atomic E-state index is 13.4. The van der Waals surface area contributed by atoms with Crippen LogP contribution in [0.4, 0.5) is 9.18 Å². The standard InChI is InChI=1S/C23H22FN3O/c24-20-10-8-18(9-11-20)21-22(19-12-14-25-15-13-19)27(23(28)26-21)16-4-7-17-5-2-1-3-6-17/h1-3,5-6,8-15,21-22H,4,7,16H2,(H,26,28). The molecule has 1 saturated heterocycles. The Hall–Kier alpha value is -3.21. The van der Waals surface area contributed by atoms with Gasteiger partial charge in [0.2, 0.25) is 0 Å². The number of halogens is 1. The summed E-state index contributed by atoms with van der Waals surface area (Å²) in [5.74, 6) is -0.284. The van der Waals surface area contributed by atoms with Gasteiger partial charge in [-0.05, 0) is 53.8 Å². The molecule has 5 heteroatoms. The molecular formula is C23H22FN3O. The van der Waals surface area contributed by atoms with Crippen LogP contribution in [0.3, 0.4) is 0 Å². The Bertz CT molecular complexity index is 916. The topological polar surface area (TPSA) is 45.2 Å². The van der Waals surface area contributed by atoms with Gasteiger partial charge in [-0.15, -0.1) is 0 Å². The van der Waals surface area contributed by atoms with Crippen molar-refractivity contribution in [1.82, 2.24) is 15.2 Å². The SMILES string of the molecule is O=C1NC(c2ccc(F)cc2)C(c2ccncc2)N1CCCc1ccccc1. The minimum atomic E-state index is -0.284. The normalized spacial score (nSPS) is 18.9. The summed E-state index contributed by atoms with van der Waals surface area (Å²) in [5, 5.41) is 3.08. The van der Waals surface area contributed by atoms with Crippen LogP contribution < -0.4 is 5.32 Å². The maximum absolute atomic E-state index is 13.4. The molecular weight excluding hydrogens is 353 g/mol. The zero-order valence-corrected chi connectivity index (χ0v) is 15.5. The number of rotatable bonds is 6. The van der Waals surface area contributed by atoms with Crippen LogP contribution in [0.5, 0.6) is 0 Å². The summed E-state index contributed by atoms with van der Waals surface area (Å²) in [6.07, 6.45) is 5.26. The number of aromatic nitrogens is 1. The first-order chi connectivity index (χ1) is 13.7. The van der Waals surface area contributed by atoms with E-state index in [4.69, 9.17) is 0 Å². The Balaban J connectivity index is 1.57. The third kappa shape index (κ3) is 3.88. The summed E-state index contributed by atoms with van der Waals surface area (Å²) in [5.41, 5.74) is 3.17. The van der Waals surface area contributed by atoms with Crippen LogP contribution in [0.15, 0.2) is 79.1 Å². The maximum Gasteiger partial charge on any atom is 0.318 e. The molecule has 2 atom stereocenters. The van der Waals surface area contributed by atoms with Crippen molar-refractivity contribution in [1.29, 1.82) is 0 Å². The van der Waals surface area contributed by atoms with Gasteiger partial charge in [0, 0.05) is 18.9 Å². The highest BCUT2D eigenvalue weighted by molar-refractivity contribution is 5.78. The summed E-state index contributed by atoms with van der Waals surface area (Å²) in [7, 11) is 0. The van der Waals surface area contributed by atoms with Crippen molar-refractivity contribution in [2.24, 2.45) is 0 Å². The van der Waals surface area contributed by atoms with E-state index in [1.54, 1.807) is 24.5 Å². The number of nitrogens with one attached hydrogen (secondary N) is 1. The first-order valence-electron chi connectivity index (χ1n) is 9.49. The van der Waals surface area contributed by atoms with Crippen LogP contribution in [-0.2, 0) is 6.42 Å². The molecule has 0 saturated carbocycles. The molecule has 2 unspecified atom stereocenters. The summed E-state index contributed by atoms with van der Waals surface area (Å²) in [6.45, 7) is 0.644. The van der Waals surface area contributed by atoms with Crippen LogP contribution in [0.2, 0.25) is 0 Å². The van der Waals surface area contributed by atoms with Gasteiger partial charge in [-0.1, -0.05) is 42.5 Å². The Morgan fingerprint density at radius 1 is 0.929 bits per heavy atom. The van der Waals surface area contributed by atoms with Gasteiger partial charge in [0.15, 0.2) is 0 Å². The number of pyridine rings is 1. The van der Waals surface area contributed by atoms with Crippen LogP contribution in [-0.4, -0.2) is 22.5 Å². The van der Waals surface area contributed by atoms with Crippen molar-refractivity contribution in [3.63, 3.8) is 0 Å². The highest BCUT2D eigenvalue weighted by atomic mass is 19.1. The van der Waals surface area contributed by atoms with Gasteiger partial charge < -0.3 is 10.2 Å².